The van der Waals surface area contributed by atoms with Crippen LogP contribution in [0.25, 0.3) is 0 Å². The summed E-state index contributed by atoms with van der Waals surface area (Å²) in [6.45, 7) is 0.343. The van der Waals surface area contributed by atoms with E-state index in [1.807, 2.05) is 24.3 Å². The van der Waals surface area contributed by atoms with E-state index in [0.29, 0.717) is 23.1 Å². The number of hydrogen-bond donors (Lipinski definition) is 1. The van der Waals surface area contributed by atoms with Gasteiger partial charge in [0, 0.05) is 15.7 Å². The molecule has 0 aliphatic carbocycles. The maximum atomic E-state index is 6.09. The number of hydrogen-bond acceptors (Lipinski definition) is 3. The molecule has 0 heterocycles. The summed E-state index contributed by atoms with van der Waals surface area (Å²) in [6.07, 6.45) is 0. The van der Waals surface area contributed by atoms with Gasteiger partial charge in [-0.1, -0.05) is 27.5 Å². The van der Waals surface area contributed by atoms with Crippen LogP contribution in [0, 0.1) is 0 Å². The average molecular weight is 343 g/mol. The van der Waals surface area contributed by atoms with Crippen LogP contribution in [0.15, 0.2) is 40.9 Å². The average Bonchev–Trinajstić information content (AvgIpc) is 2.38. The predicted molar refractivity (Wildman–Crippen MR) is 80.9 cm³/mol. The summed E-state index contributed by atoms with van der Waals surface area (Å²) in [7, 11) is 1.61. The molecule has 0 bridgehead atoms. The minimum atomic E-state index is 0.343. The van der Waals surface area contributed by atoms with Crippen LogP contribution in [0.1, 0.15) is 5.56 Å². The van der Waals surface area contributed by atoms with Crippen LogP contribution in [0.3, 0.4) is 0 Å². The fourth-order valence-corrected chi connectivity index (χ4v) is 2.39. The molecule has 0 aliphatic rings. The van der Waals surface area contributed by atoms with E-state index < -0.39 is 0 Å². The minimum absolute atomic E-state index is 0.343. The number of nitrogens with two attached hydrogens (primary N) is 1. The topological polar surface area (TPSA) is 44.5 Å². The minimum Gasteiger partial charge on any atom is -0.496 e. The SMILES string of the molecule is COc1ccc(N)cc1COc1ccc(Br)cc1Cl. The van der Waals surface area contributed by atoms with Crippen LogP contribution in [0.2, 0.25) is 5.02 Å². The number of nitrogen functional groups attached to an aromatic ring is 1. The lowest BCUT2D eigenvalue weighted by Crippen LogP contribution is -2.00. The van der Waals surface area contributed by atoms with Crippen LogP contribution in [0.5, 0.6) is 11.5 Å². The second-order valence-electron chi connectivity index (χ2n) is 3.93. The van der Waals surface area contributed by atoms with Gasteiger partial charge in [0.1, 0.15) is 18.1 Å². The molecule has 2 aromatic carbocycles. The Labute approximate surface area is 125 Å². The molecule has 0 saturated heterocycles. The van der Waals surface area contributed by atoms with Crippen molar-refractivity contribution < 1.29 is 9.47 Å². The molecule has 0 radical (unpaired) electrons. The van der Waals surface area contributed by atoms with Gasteiger partial charge in [-0.25, -0.2) is 0 Å². The van der Waals surface area contributed by atoms with Gasteiger partial charge in [-0.2, -0.15) is 0 Å². The molecule has 0 aromatic heterocycles. The number of methoxy groups -OCH3 is 1. The first-order valence-electron chi connectivity index (χ1n) is 5.60. The number of benzene rings is 2. The molecule has 0 saturated carbocycles. The largest absolute Gasteiger partial charge is 0.496 e. The first-order valence-corrected chi connectivity index (χ1v) is 6.77. The van der Waals surface area contributed by atoms with E-state index in [9.17, 15) is 0 Å². The molecule has 0 unspecified atom stereocenters. The van der Waals surface area contributed by atoms with Crippen molar-refractivity contribution in [1.29, 1.82) is 0 Å². The Hall–Kier alpha value is -1.39. The Bertz CT molecular complexity index is 590. The molecule has 2 aromatic rings. The van der Waals surface area contributed by atoms with Crippen molar-refractivity contribution in [3.8, 4) is 11.5 Å². The lowest BCUT2D eigenvalue weighted by molar-refractivity contribution is 0.297. The van der Waals surface area contributed by atoms with Gasteiger partial charge in [0.05, 0.1) is 12.1 Å². The van der Waals surface area contributed by atoms with Gasteiger partial charge in [0.15, 0.2) is 0 Å². The lowest BCUT2D eigenvalue weighted by Gasteiger charge is -2.12. The van der Waals surface area contributed by atoms with Crippen LogP contribution < -0.4 is 15.2 Å². The van der Waals surface area contributed by atoms with Gasteiger partial charge >= 0.3 is 0 Å². The number of halogens is 2. The standard InChI is InChI=1S/C14H13BrClNO2/c1-18-13-5-3-11(17)6-9(13)8-19-14-4-2-10(15)7-12(14)16/h2-7H,8,17H2,1H3. The van der Waals surface area contributed by atoms with E-state index in [2.05, 4.69) is 15.9 Å². The van der Waals surface area contributed by atoms with Gasteiger partial charge in [-0.3, -0.25) is 0 Å². The van der Waals surface area contributed by atoms with E-state index in [0.717, 1.165) is 15.8 Å². The monoisotopic (exact) mass is 341 g/mol. The third-order valence-corrected chi connectivity index (χ3v) is 3.37. The second-order valence-corrected chi connectivity index (χ2v) is 5.26. The van der Waals surface area contributed by atoms with Crippen molar-refractivity contribution in [3.63, 3.8) is 0 Å². The van der Waals surface area contributed by atoms with E-state index in [1.165, 1.54) is 0 Å². The van der Waals surface area contributed by atoms with Gasteiger partial charge < -0.3 is 15.2 Å². The summed E-state index contributed by atoms with van der Waals surface area (Å²) >= 11 is 9.44. The molecule has 19 heavy (non-hydrogen) atoms. The van der Waals surface area contributed by atoms with E-state index >= 15 is 0 Å². The maximum Gasteiger partial charge on any atom is 0.138 e. The normalized spacial score (nSPS) is 10.3. The summed E-state index contributed by atoms with van der Waals surface area (Å²) in [4.78, 5) is 0. The van der Waals surface area contributed by atoms with Crippen LogP contribution >= 0.6 is 27.5 Å². The Morgan fingerprint density at radius 3 is 2.58 bits per heavy atom. The summed E-state index contributed by atoms with van der Waals surface area (Å²) in [5.74, 6) is 1.36. The molecule has 0 atom stereocenters. The third-order valence-electron chi connectivity index (χ3n) is 2.58. The van der Waals surface area contributed by atoms with E-state index in [-0.39, 0.29) is 0 Å². The first kappa shape index (κ1) is 14.0. The van der Waals surface area contributed by atoms with E-state index in [1.54, 1.807) is 19.2 Å². The molecule has 0 amide bonds. The molecule has 0 fully saturated rings. The van der Waals surface area contributed by atoms with Crippen molar-refractivity contribution in [2.45, 2.75) is 6.61 Å². The van der Waals surface area contributed by atoms with Gasteiger partial charge in [0.25, 0.3) is 0 Å². The predicted octanol–water partition coefficient (Wildman–Crippen LogP) is 4.27. The Morgan fingerprint density at radius 2 is 1.89 bits per heavy atom. The summed E-state index contributed by atoms with van der Waals surface area (Å²) in [5.41, 5.74) is 7.30. The smallest absolute Gasteiger partial charge is 0.138 e. The quantitative estimate of drug-likeness (QED) is 0.844. The molecular formula is C14H13BrClNO2. The third kappa shape index (κ3) is 3.55. The van der Waals surface area contributed by atoms with Crippen molar-refractivity contribution in [1.82, 2.24) is 0 Å². The molecule has 0 aliphatic heterocycles. The molecule has 5 heteroatoms. The zero-order valence-corrected chi connectivity index (χ0v) is 12.7. The number of rotatable bonds is 4. The highest BCUT2D eigenvalue weighted by atomic mass is 79.9. The fraction of sp³-hybridized carbons (Fsp3) is 0.143. The van der Waals surface area contributed by atoms with Gasteiger partial charge in [-0.05, 0) is 36.4 Å². The molecule has 3 nitrogen and oxygen atoms in total. The zero-order chi connectivity index (χ0) is 13.8. The number of ether oxygens (including phenoxy) is 2. The van der Waals surface area contributed by atoms with Gasteiger partial charge in [-0.15, -0.1) is 0 Å². The summed E-state index contributed by atoms with van der Waals surface area (Å²) in [5, 5.41) is 0.553. The molecule has 0 spiro atoms. The van der Waals surface area contributed by atoms with Crippen molar-refractivity contribution in [2.75, 3.05) is 12.8 Å². The second kappa shape index (κ2) is 6.17. The highest BCUT2D eigenvalue weighted by Crippen LogP contribution is 2.29. The van der Waals surface area contributed by atoms with E-state index in [4.69, 9.17) is 26.8 Å². The van der Waals surface area contributed by atoms with Crippen LogP contribution in [-0.4, -0.2) is 7.11 Å². The van der Waals surface area contributed by atoms with Crippen LogP contribution in [0.4, 0.5) is 5.69 Å². The fourth-order valence-electron chi connectivity index (χ4n) is 1.66. The highest BCUT2D eigenvalue weighted by molar-refractivity contribution is 9.10. The Morgan fingerprint density at radius 1 is 1.16 bits per heavy atom. The van der Waals surface area contributed by atoms with Gasteiger partial charge in [0.2, 0.25) is 0 Å². The highest BCUT2D eigenvalue weighted by Gasteiger charge is 2.07. The molecule has 2 N–H and O–H groups in total. The van der Waals surface area contributed by atoms with Crippen LogP contribution in [-0.2, 0) is 6.61 Å². The molecule has 2 rings (SSSR count). The summed E-state index contributed by atoms with van der Waals surface area (Å²) < 4.78 is 11.9. The van der Waals surface area contributed by atoms with Crippen molar-refractivity contribution in [3.05, 3.63) is 51.5 Å². The molecule has 100 valence electrons. The van der Waals surface area contributed by atoms with Crippen molar-refractivity contribution in [2.24, 2.45) is 0 Å². The lowest BCUT2D eigenvalue weighted by atomic mass is 10.2. The first-order chi connectivity index (χ1) is 9.10. The summed E-state index contributed by atoms with van der Waals surface area (Å²) in [6, 6.07) is 10.9. The Balaban J connectivity index is 2.16. The zero-order valence-electron chi connectivity index (χ0n) is 10.3. The number of anilines is 1. The Kier molecular flexibility index (Phi) is 4.56. The maximum absolute atomic E-state index is 6.09. The van der Waals surface area contributed by atoms with Crippen molar-refractivity contribution >= 4 is 33.2 Å². The molecular weight excluding hydrogens is 330 g/mol.